The Kier molecular flexibility index (Phi) is 12.2. The molecule has 5 rings (SSSR count). The summed E-state index contributed by atoms with van der Waals surface area (Å²) in [5, 5.41) is 23.5. The molecule has 1 fully saturated rings. The van der Waals surface area contributed by atoms with Gasteiger partial charge in [-0.05, 0) is 59.5 Å². The molecule has 1 aliphatic heterocycles. The zero-order valence-corrected chi connectivity index (χ0v) is 27.9. The van der Waals surface area contributed by atoms with E-state index in [0.29, 0.717) is 13.1 Å². The normalized spacial score (nSPS) is 20.5. The molecule has 8 nitrogen and oxygen atoms in total. The van der Waals surface area contributed by atoms with Crippen molar-refractivity contribution in [3.63, 3.8) is 0 Å². The average molecular weight is 651 g/mol. The van der Waals surface area contributed by atoms with Crippen molar-refractivity contribution in [3.05, 3.63) is 144 Å². The second-order valence-corrected chi connectivity index (χ2v) is 12.4. The van der Waals surface area contributed by atoms with Crippen LogP contribution in [0.5, 0.6) is 0 Å². The lowest BCUT2D eigenvalue weighted by Crippen LogP contribution is -2.46. The van der Waals surface area contributed by atoms with Gasteiger partial charge in [-0.3, -0.25) is 4.90 Å². The van der Waals surface area contributed by atoms with Crippen molar-refractivity contribution in [1.82, 2.24) is 10.2 Å². The minimum absolute atomic E-state index is 0.00437. The highest BCUT2D eigenvalue weighted by atomic mass is 16.7. The molecule has 1 heterocycles. The molecule has 1 saturated heterocycles. The van der Waals surface area contributed by atoms with Crippen molar-refractivity contribution in [1.29, 1.82) is 0 Å². The summed E-state index contributed by atoms with van der Waals surface area (Å²) in [4.78, 5) is 14.1. The first kappa shape index (κ1) is 35.0. The zero-order valence-electron chi connectivity index (χ0n) is 27.9. The van der Waals surface area contributed by atoms with Gasteiger partial charge in [-0.15, -0.1) is 0 Å². The molecule has 0 saturated carbocycles. The van der Waals surface area contributed by atoms with E-state index in [1.807, 2.05) is 111 Å². The van der Waals surface area contributed by atoms with Crippen LogP contribution in [-0.4, -0.2) is 53.6 Å². The molecule has 0 aliphatic carbocycles. The van der Waals surface area contributed by atoms with Crippen molar-refractivity contribution >= 4 is 6.09 Å². The van der Waals surface area contributed by atoms with E-state index in [1.54, 1.807) is 0 Å². The number of nitrogens with one attached hydrogen (secondary N) is 1. The number of amides is 1. The van der Waals surface area contributed by atoms with E-state index in [4.69, 9.17) is 14.2 Å². The van der Waals surface area contributed by atoms with Gasteiger partial charge < -0.3 is 29.7 Å². The Morgan fingerprint density at radius 3 is 2.35 bits per heavy atom. The Balaban J connectivity index is 1.38. The van der Waals surface area contributed by atoms with E-state index in [0.717, 1.165) is 38.9 Å². The summed E-state index contributed by atoms with van der Waals surface area (Å²) in [7, 11) is 2.02. The highest BCUT2D eigenvalue weighted by molar-refractivity contribution is 5.68. The molecule has 0 radical (unpaired) electrons. The standard InChI is InChI=1S/C40H46N2O6/c1-5-21-46-40(45)41-24-30-11-9-14-33(22-30)34-15-10-16-35(23-34)39-47-36(25-42(4)28(3)37(44)31-12-7-6-8-13-31)27(2)38(48-39)32-19-17-29(26-43)18-20-32/h5-20,22-23,27-28,36-39,43-44H,1,21,24-26H2,2-4H3,(H,41,45)/t27-,28-,36+,37-,38+,39+/m0/s1. The molecular weight excluding hydrogens is 604 g/mol. The quantitative estimate of drug-likeness (QED) is 0.133. The number of nitrogens with zero attached hydrogens (tertiary/aromatic N) is 1. The smallest absolute Gasteiger partial charge is 0.407 e. The molecule has 6 atom stereocenters. The Labute approximate surface area is 283 Å². The fourth-order valence-electron chi connectivity index (χ4n) is 6.03. The number of aliphatic hydroxyl groups is 2. The summed E-state index contributed by atoms with van der Waals surface area (Å²) >= 11 is 0. The number of benzene rings is 4. The molecule has 0 unspecified atom stereocenters. The minimum Gasteiger partial charge on any atom is -0.445 e. The summed E-state index contributed by atoms with van der Waals surface area (Å²) in [6.45, 7) is 8.78. The van der Waals surface area contributed by atoms with Crippen LogP contribution >= 0.6 is 0 Å². The first-order chi connectivity index (χ1) is 23.3. The molecular formula is C40H46N2O6. The Bertz CT molecular complexity index is 1630. The van der Waals surface area contributed by atoms with Gasteiger partial charge in [-0.25, -0.2) is 4.79 Å². The largest absolute Gasteiger partial charge is 0.445 e. The molecule has 1 amide bonds. The fraction of sp³-hybridized carbons (Fsp3) is 0.325. The maximum absolute atomic E-state index is 11.9. The topological polar surface area (TPSA) is 100 Å². The van der Waals surface area contributed by atoms with Crippen LogP contribution in [0.1, 0.15) is 60.2 Å². The van der Waals surface area contributed by atoms with Crippen LogP contribution in [-0.2, 0) is 27.4 Å². The predicted molar refractivity (Wildman–Crippen MR) is 187 cm³/mol. The van der Waals surface area contributed by atoms with E-state index < -0.39 is 18.5 Å². The molecule has 1 aliphatic rings. The van der Waals surface area contributed by atoms with Crippen molar-refractivity contribution in [2.45, 2.75) is 57.6 Å². The van der Waals surface area contributed by atoms with Crippen LogP contribution in [0.2, 0.25) is 0 Å². The second kappa shape index (κ2) is 16.7. The van der Waals surface area contributed by atoms with Gasteiger partial charge in [0.2, 0.25) is 0 Å². The molecule has 3 N–H and O–H groups in total. The number of hydrogen-bond donors (Lipinski definition) is 3. The van der Waals surface area contributed by atoms with Crippen LogP contribution in [0.15, 0.2) is 116 Å². The number of carbonyl (C=O) groups excluding carboxylic acids is 1. The van der Waals surface area contributed by atoms with Gasteiger partial charge in [0, 0.05) is 30.6 Å². The Morgan fingerprint density at radius 2 is 1.65 bits per heavy atom. The Morgan fingerprint density at radius 1 is 0.938 bits per heavy atom. The third-order valence-electron chi connectivity index (χ3n) is 9.07. The number of rotatable bonds is 13. The lowest BCUT2D eigenvalue weighted by Gasteiger charge is -2.43. The van der Waals surface area contributed by atoms with Gasteiger partial charge in [0.15, 0.2) is 6.29 Å². The summed E-state index contributed by atoms with van der Waals surface area (Å²) in [5.74, 6) is -0.00437. The lowest BCUT2D eigenvalue weighted by atomic mass is 9.89. The number of aliphatic hydroxyl groups excluding tert-OH is 2. The first-order valence-electron chi connectivity index (χ1n) is 16.4. The van der Waals surface area contributed by atoms with Crippen LogP contribution in [0.3, 0.4) is 0 Å². The van der Waals surface area contributed by atoms with Gasteiger partial charge in [0.05, 0.1) is 24.9 Å². The van der Waals surface area contributed by atoms with E-state index in [1.165, 1.54) is 6.08 Å². The highest BCUT2D eigenvalue weighted by Crippen LogP contribution is 2.42. The minimum atomic E-state index is -0.649. The zero-order chi connectivity index (χ0) is 34.0. The van der Waals surface area contributed by atoms with Gasteiger partial charge >= 0.3 is 6.09 Å². The third-order valence-corrected chi connectivity index (χ3v) is 9.07. The van der Waals surface area contributed by atoms with Crippen LogP contribution in [0.4, 0.5) is 4.79 Å². The van der Waals surface area contributed by atoms with Gasteiger partial charge in [0.1, 0.15) is 6.61 Å². The van der Waals surface area contributed by atoms with E-state index >= 15 is 0 Å². The molecule has 0 aromatic heterocycles. The monoisotopic (exact) mass is 650 g/mol. The summed E-state index contributed by atoms with van der Waals surface area (Å²) in [6.07, 6.45) is -0.720. The first-order valence-corrected chi connectivity index (χ1v) is 16.4. The van der Waals surface area contributed by atoms with Crippen molar-refractivity contribution < 1.29 is 29.2 Å². The number of hydrogen-bond acceptors (Lipinski definition) is 7. The van der Waals surface area contributed by atoms with Crippen LogP contribution in [0.25, 0.3) is 11.1 Å². The molecule has 4 aromatic rings. The Hall–Kier alpha value is -4.31. The molecule has 8 heteroatoms. The summed E-state index contributed by atoms with van der Waals surface area (Å²) < 4.78 is 18.5. The van der Waals surface area contributed by atoms with Gasteiger partial charge in [-0.2, -0.15) is 0 Å². The number of ether oxygens (including phenoxy) is 3. The summed E-state index contributed by atoms with van der Waals surface area (Å²) in [5.41, 5.74) is 6.55. The van der Waals surface area contributed by atoms with Crippen molar-refractivity contribution in [3.8, 4) is 11.1 Å². The molecule has 48 heavy (non-hydrogen) atoms. The second-order valence-electron chi connectivity index (χ2n) is 12.4. The fourth-order valence-corrected chi connectivity index (χ4v) is 6.03. The van der Waals surface area contributed by atoms with E-state index in [2.05, 4.69) is 29.8 Å². The van der Waals surface area contributed by atoms with Gasteiger partial charge in [0.25, 0.3) is 0 Å². The van der Waals surface area contributed by atoms with E-state index in [9.17, 15) is 15.0 Å². The van der Waals surface area contributed by atoms with Crippen LogP contribution < -0.4 is 5.32 Å². The van der Waals surface area contributed by atoms with Gasteiger partial charge in [-0.1, -0.05) is 111 Å². The predicted octanol–water partition coefficient (Wildman–Crippen LogP) is 7.10. The lowest BCUT2D eigenvalue weighted by molar-refractivity contribution is -0.276. The number of alkyl carbamates (subject to hydrolysis) is 1. The van der Waals surface area contributed by atoms with E-state index in [-0.39, 0.29) is 37.4 Å². The van der Waals surface area contributed by atoms with Crippen LogP contribution in [0, 0.1) is 5.92 Å². The highest BCUT2D eigenvalue weighted by Gasteiger charge is 2.39. The van der Waals surface area contributed by atoms with Crippen molar-refractivity contribution in [2.75, 3.05) is 20.2 Å². The molecule has 4 aromatic carbocycles. The third kappa shape index (κ3) is 8.78. The number of carbonyl (C=O) groups is 1. The summed E-state index contributed by atoms with van der Waals surface area (Å²) in [6, 6.07) is 33.6. The maximum Gasteiger partial charge on any atom is 0.407 e. The molecule has 0 bridgehead atoms. The maximum atomic E-state index is 11.9. The van der Waals surface area contributed by atoms with Crippen molar-refractivity contribution in [2.24, 2.45) is 5.92 Å². The average Bonchev–Trinajstić information content (AvgIpc) is 3.13. The molecule has 252 valence electrons. The SMILES string of the molecule is C=CCOC(=O)NCc1cccc(-c2cccc([C@@H]3O[C@H](CN(C)[C@@H](C)[C@H](O)c4ccccc4)[C@H](C)[C@H](c4ccc(CO)cc4)O3)c2)c1. The molecule has 0 spiro atoms. The number of likely N-dealkylation sites (N-methyl/N-ethyl adjacent to an activating group) is 1.